The van der Waals surface area contributed by atoms with Crippen molar-refractivity contribution in [2.75, 3.05) is 0 Å². The first-order valence-electron chi connectivity index (χ1n) is 8.50. The average molecular weight is 443 g/mol. The number of esters is 1. The van der Waals surface area contributed by atoms with Crippen LogP contribution in [-0.2, 0) is 17.8 Å². The Morgan fingerprint density at radius 2 is 1.57 bits per heavy atom. The van der Waals surface area contributed by atoms with Crippen LogP contribution < -0.4 is 4.74 Å². The Hall–Kier alpha value is -1.95. The van der Waals surface area contributed by atoms with Gasteiger partial charge in [-0.3, -0.25) is 4.90 Å². The van der Waals surface area contributed by atoms with Gasteiger partial charge in [-0.1, -0.05) is 40.9 Å². The summed E-state index contributed by atoms with van der Waals surface area (Å²) in [4.78, 5) is 26.4. The maximum atomic E-state index is 12.5. The predicted molar refractivity (Wildman–Crippen MR) is 108 cm³/mol. The highest BCUT2D eigenvalue weighted by atomic mass is 35.5. The smallest absolute Gasteiger partial charge is 0.410 e. The number of amides is 1. The Kier molecular flexibility index (Phi) is 5.80. The standard InChI is InChI=1S/C20H18Cl3NO4/c1-20(2,3)28-19(26)24-9-12-5-4-11(6-13(12)10-24)18(25)27-17-15(22)7-14(21)8-16(17)23/h4-8H,9-10H2,1-3H3. The van der Waals surface area contributed by atoms with Gasteiger partial charge in [-0.2, -0.15) is 0 Å². The third kappa shape index (κ3) is 4.72. The van der Waals surface area contributed by atoms with Gasteiger partial charge in [0.2, 0.25) is 0 Å². The molecule has 0 bridgehead atoms. The second-order valence-corrected chi connectivity index (χ2v) is 8.66. The van der Waals surface area contributed by atoms with E-state index in [1.54, 1.807) is 23.1 Å². The Balaban J connectivity index is 1.75. The van der Waals surface area contributed by atoms with Crippen molar-refractivity contribution in [1.29, 1.82) is 0 Å². The molecule has 0 unspecified atom stereocenters. The first-order chi connectivity index (χ1) is 13.0. The molecule has 0 atom stereocenters. The minimum absolute atomic E-state index is 0.0496. The SMILES string of the molecule is CC(C)(C)OC(=O)N1Cc2ccc(C(=O)Oc3c(Cl)cc(Cl)cc3Cl)cc2C1. The normalized spacial score (nSPS) is 13.3. The van der Waals surface area contributed by atoms with Gasteiger partial charge in [-0.15, -0.1) is 0 Å². The van der Waals surface area contributed by atoms with Gasteiger partial charge in [-0.25, -0.2) is 9.59 Å². The van der Waals surface area contributed by atoms with E-state index in [1.807, 2.05) is 20.8 Å². The van der Waals surface area contributed by atoms with Crippen LogP contribution in [0, 0.1) is 0 Å². The van der Waals surface area contributed by atoms with Gasteiger partial charge in [0.1, 0.15) is 5.60 Å². The van der Waals surface area contributed by atoms with Crippen molar-refractivity contribution in [2.24, 2.45) is 0 Å². The number of benzene rings is 2. The summed E-state index contributed by atoms with van der Waals surface area (Å²) in [6, 6.07) is 8.01. The predicted octanol–water partition coefficient (Wildman–Crippen LogP) is 6.12. The van der Waals surface area contributed by atoms with Gasteiger partial charge in [0.25, 0.3) is 0 Å². The van der Waals surface area contributed by atoms with Crippen molar-refractivity contribution in [3.05, 3.63) is 62.1 Å². The van der Waals surface area contributed by atoms with Gasteiger partial charge in [0.15, 0.2) is 5.75 Å². The first kappa shape index (κ1) is 20.8. The lowest BCUT2D eigenvalue weighted by Crippen LogP contribution is -2.33. The molecule has 0 aromatic heterocycles. The number of hydrogen-bond acceptors (Lipinski definition) is 4. The number of carbonyl (C=O) groups is 2. The average Bonchev–Trinajstić information content (AvgIpc) is 2.99. The Morgan fingerprint density at radius 1 is 0.964 bits per heavy atom. The minimum atomic E-state index is -0.607. The molecule has 0 fully saturated rings. The quantitative estimate of drug-likeness (QED) is 0.415. The fraction of sp³-hybridized carbons (Fsp3) is 0.300. The molecule has 0 spiro atoms. The van der Waals surface area contributed by atoms with E-state index in [0.717, 1.165) is 11.1 Å². The summed E-state index contributed by atoms with van der Waals surface area (Å²) in [6.45, 7) is 6.22. The van der Waals surface area contributed by atoms with E-state index in [1.165, 1.54) is 12.1 Å². The topological polar surface area (TPSA) is 55.8 Å². The van der Waals surface area contributed by atoms with Crippen LogP contribution in [0.4, 0.5) is 4.79 Å². The number of nitrogens with zero attached hydrogens (tertiary/aromatic N) is 1. The van der Waals surface area contributed by atoms with Crippen LogP contribution in [0.15, 0.2) is 30.3 Å². The summed E-state index contributed by atoms with van der Waals surface area (Å²) in [5.41, 5.74) is 1.56. The molecule has 2 aromatic rings. The van der Waals surface area contributed by atoms with E-state index in [-0.39, 0.29) is 15.8 Å². The zero-order valence-electron chi connectivity index (χ0n) is 15.5. The molecule has 0 aliphatic carbocycles. The summed E-state index contributed by atoms with van der Waals surface area (Å²) in [7, 11) is 0. The highest BCUT2D eigenvalue weighted by Crippen LogP contribution is 2.36. The highest BCUT2D eigenvalue weighted by Gasteiger charge is 2.28. The molecule has 0 N–H and O–H groups in total. The zero-order valence-corrected chi connectivity index (χ0v) is 17.8. The number of rotatable bonds is 2. The maximum Gasteiger partial charge on any atom is 0.410 e. The molecule has 5 nitrogen and oxygen atoms in total. The molecule has 1 aliphatic rings. The molecular formula is C20H18Cl3NO4. The highest BCUT2D eigenvalue weighted by molar-refractivity contribution is 6.40. The van der Waals surface area contributed by atoms with Crippen molar-refractivity contribution in [3.8, 4) is 5.75 Å². The van der Waals surface area contributed by atoms with Crippen molar-refractivity contribution in [2.45, 2.75) is 39.5 Å². The van der Waals surface area contributed by atoms with Crippen molar-refractivity contribution in [1.82, 2.24) is 4.90 Å². The molecule has 0 saturated heterocycles. The molecule has 148 valence electrons. The van der Waals surface area contributed by atoms with Gasteiger partial charge in [-0.05, 0) is 56.2 Å². The van der Waals surface area contributed by atoms with Crippen LogP contribution in [0.3, 0.4) is 0 Å². The third-order valence-corrected chi connectivity index (χ3v) is 4.75. The van der Waals surface area contributed by atoms with Gasteiger partial charge >= 0.3 is 12.1 Å². The second kappa shape index (κ2) is 7.82. The van der Waals surface area contributed by atoms with Gasteiger partial charge in [0, 0.05) is 18.1 Å². The largest absolute Gasteiger partial charge is 0.444 e. The Bertz CT molecular complexity index is 930. The maximum absolute atomic E-state index is 12.5. The minimum Gasteiger partial charge on any atom is -0.444 e. The molecule has 1 amide bonds. The molecule has 1 aliphatic heterocycles. The fourth-order valence-corrected chi connectivity index (χ4v) is 3.65. The van der Waals surface area contributed by atoms with E-state index < -0.39 is 17.7 Å². The first-order valence-corrected chi connectivity index (χ1v) is 9.63. The number of ether oxygens (including phenoxy) is 2. The number of hydrogen-bond donors (Lipinski definition) is 0. The lowest BCUT2D eigenvalue weighted by molar-refractivity contribution is 0.0241. The summed E-state index contributed by atoms with van der Waals surface area (Å²) in [5, 5.41) is 0.626. The van der Waals surface area contributed by atoms with Crippen molar-refractivity contribution < 1.29 is 19.1 Å². The summed E-state index contributed by atoms with van der Waals surface area (Å²) in [6.07, 6.45) is -0.396. The van der Waals surface area contributed by atoms with Crippen LogP contribution in [0.5, 0.6) is 5.75 Å². The molecule has 2 aromatic carbocycles. The van der Waals surface area contributed by atoms with Crippen LogP contribution in [0.2, 0.25) is 15.1 Å². The Morgan fingerprint density at radius 3 is 2.18 bits per heavy atom. The second-order valence-electron chi connectivity index (χ2n) is 7.41. The number of halogens is 3. The van der Waals surface area contributed by atoms with Crippen LogP contribution in [0.25, 0.3) is 0 Å². The Labute approximate surface area is 178 Å². The molecule has 8 heteroatoms. The van der Waals surface area contributed by atoms with Gasteiger partial charge < -0.3 is 9.47 Å². The van der Waals surface area contributed by atoms with Crippen LogP contribution in [-0.4, -0.2) is 22.6 Å². The van der Waals surface area contributed by atoms with E-state index in [0.29, 0.717) is 23.7 Å². The molecule has 0 saturated carbocycles. The molecule has 0 radical (unpaired) electrons. The van der Waals surface area contributed by atoms with Crippen LogP contribution >= 0.6 is 34.8 Å². The lowest BCUT2D eigenvalue weighted by atomic mass is 10.1. The lowest BCUT2D eigenvalue weighted by Gasteiger charge is -2.24. The molecular weight excluding hydrogens is 425 g/mol. The summed E-state index contributed by atoms with van der Waals surface area (Å²) < 4.78 is 10.8. The fourth-order valence-electron chi connectivity index (χ4n) is 2.76. The number of fused-ring (bicyclic) bond motifs is 1. The van der Waals surface area contributed by atoms with E-state index in [4.69, 9.17) is 44.3 Å². The molecule has 28 heavy (non-hydrogen) atoms. The van der Waals surface area contributed by atoms with Gasteiger partial charge in [0.05, 0.1) is 15.6 Å². The zero-order chi connectivity index (χ0) is 20.6. The van der Waals surface area contributed by atoms with Crippen molar-refractivity contribution >= 4 is 46.9 Å². The third-order valence-electron chi connectivity index (χ3n) is 3.97. The molecule has 3 rings (SSSR count). The van der Waals surface area contributed by atoms with Crippen LogP contribution in [0.1, 0.15) is 42.3 Å². The molecule has 1 heterocycles. The van der Waals surface area contributed by atoms with Crippen molar-refractivity contribution in [3.63, 3.8) is 0 Å². The van der Waals surface area contributed by atoms with E-state index in [2.05, 4.69) is 0 Å². The summed E-state index contributed by atoms with van der Waals surface area (Å²) in [5.74, 6) is -0.557. The van der Waals surface area contributed by atoms with E-state index in [9.17, 15) is 9.59 Å². The van der Waals surface area contributed by atoms with E-state index >= 15 is 0 Å². The summed E-state index contributed by atoms with van der Waals surface area (Å²) >= 11 is 18.0. The monoisotopic (exact) mass is 441 g/mol. The number of carbonyl (C=O) groups excluding carboxylic acids is 2.